The molecule has 7 rings (SSSR count). The number of likely N-dealkylation sites (N-methyl/N-ethyl adjacent to an activating group) is 1. The molecule has 3 heterocycles. The standard InChI is InChI=1S/C33H33F2N5O5S.C2HF3O2/c1-18-13-20-3-8-25(18)27(30(34)35)17-45-33(42)39-23-5-10-28(46(43,44)24-6-7-24)21(15-23)16-40(2)32(41)29(20)38-22-4-9-26-19(14-22)11-12-37-31(26)36;3-2(4,5)1(6)7/h3-5,8-15,24,27,29-30,38H,6-7,16-17H2,1-2H3,(H2,36,37)(H,39,42);(H,6,7)/t27-,29+;/m0./s1. The number of alkyl halides is 5. The Balaban J connectivity index is 0.000000705. The molecule has 4 bridgehead atoms. The summed E-state index contributed by atoms with van der Waals surface area (Å²) in [4.78, 5) is 41.4. The molecule has 0 saturated heterocycles. The average molecular weight is 764 g/mol. The third-order valence-corrected chi connectivity index (χ3v) is 11.0. The summed E-state index contributed by atoms with van der Waals surface area (Å²) in [6.45, 7) is 0.977. The van der Waals surface area contributed by atoms with E-state index in [1.807, 2.05) is 6.07 Å². The van der Waals surface area contributed by atoms with Crippen LogP contribution in [0.4, 0.5) is 43.9 Å². The van der Waals surface area contributed by atoms with Gasteiger partial charge in [0.1, 0.15) is 18.5 Å². The largest absolute Gasteiger partial charge is 0.490 e. The Hall–Kier alpha value is -5.52. The summed E-state index contributed by atoms with van der Waals surface area (Å²) >= 11 is 0. The van der Waals surface area contributed by atoms with Gasteiger partial charge in [0.2, 0.25) is 12.3 Å². The maximum Gasteiger partial charge on any atom is 0.490 e. The van der Waals surface area contributed by atoms with E-state index in [0.717, 1.165) is 10.8 Å². The van der Waals surface area contributed by atoms with E-state index in [1.54, 1.807) is 50.5 Å². The number of sulfone groups is 1. The van der Waals surface area contributed by atoms with Crippen molar-refractivity contribution in [3.05, 3.63) is 89.1 Å². The molecule has 5 N–H and O–H groups in total. The number of aryl methyl sites for hydroxylation is 1. The topological polar surface area (TPSA) is 181 Å². The molecule has 2 atom stereocenters. The minimum Gasteiger partial charge on any atom is -0.475 e. The maximum atomic E-state index is 14.3. The van der Waals surface area contributed by atoms with Gasteiger partial charge in [-0.2, -0.15) is 13.2 Å². The van der Waals surface area contributed by atoms with Crippen LogP contribution in [0.2, 0.25) is 0 Å². The zero-order valence-electron chi connectivity index (χ0n) is 28.2. The number of hydrogen-bond donors (Lipinski definition) is 4. The van der Waals surface area contributed by atoms with Crippen molar-refractivity contribution in [2.45, 2.75) is 61.0 Å². The summed E-state index contributed by atoms with van der Waals surface area (Å²) in [5.74, 6) is -4.21. The second kappa shape index (κ2) is 15.2. The van der Waals surface area contributed by atoms with Crippen LogP contribution >= 0.6 is 0 Å². The van der Waals surface area contributed by atoms with Crippen molar-refractivity contribution in [2.24, 2.45) is 0 Å². The second-order valence-corrected chi connectivity index (χ2v) is 14.8. The van der Waals surface area contributed by atoms with E-state index in [2.05, 4.69) is 15.6 Å². The monoisotopic (exact) mass is 763 g/mol. The van der Waals surface area contributed by atoms with Crippen LogP contribution < -0.4 is 16.4 Å². The number of rotatable bonds is 5. The van der Waals surface area contributed by atoms with Gasteiger partial charge in [-0.15, -0.1) is 0 Å². The molecule has 1 aliphatic carbocycles. The summed E-state index contributed by atoms with van der Waals surface area (Å²) in [7, 11) is -2.12. The van der Waals surface area contributed by atoms with Crippen LogP contribution in [0.3, 0.4) is 0 Å². The van der Waals surface area contributed by atoms with Crippen molar-refractivity contribution in [1.29, 1.82) is 0 Å². The van der Waals surface area contributed by atoms with E-state index in [0.29, 0.717) is 41.0 Å². The van der Waals surface area contributed by atoms with E-state index in [-0.39, 0.29) is 22.7 Å². The summed E-state index contributed by atoms with van der Waals surface area (Å²) in [6, 6.07) is 15.3. The van der Waals surface area contributed by atoms with Gasteiger partial charge in [-0.25, -0.2) is 31.8 Å². The van der Waals surface area contributed by atoms with Crippen molar-refractivity contribution in [2.75, 3.05) is 30.0 Å². The number of carboxylic acids is 1. The Morgan fingerprint density at radius 2 is 1.77 bits per heavy atom. The fourth-order valence-corrected chi connectivity index (χ4v) is 7.69. The summed E-state index contributed by atoms with van der Waals surface area (Å²) in [6.07, 6.45) is -6.21. The molecule has 1 saturated carbocycles. The Morgan fingerprint density at radius 3 is 2.40 bits per heavy atom. The quantitative estimate of drug-likeness (QED) is 0.166. The first-order chi connectivity index (χ1) is 24.9. The van der Waals surface area contributed by atoms with E-state index in [9.17, 15) is 40.0 Å². The molecule has 3 aliphatic rings. The number of aromatic nitrogens is 1. The summed E-state index contributed by atoms with van der Waals surface area (Å²) in [5, 5.41) is 14.0. The van der Waals surface area contributed by atoms with Gasteiger partial charge in [-0.3, -0.25) is 10.1 Å². The second-order valence-electron chi connectivity index (χ2n) is 12.6. The van der Waals surface area contributed by atoms with Crippen LogP contribution in [0.1, 0.15) is 47.1 Å². The lowest BCUT2D eigenvalue weighted by atomic mass is 9.92. The average Bonchev–Trinajstić information content (AvgIpc) is 3.94. The molecule has 0 unspecified atom stereocenters. The number of nitrogens with zero attached hydrogens (tertiary/aromatic N) is 2. The number of fused-ring (bicyclic) bond motifs is 10. The number of nitrogen functional groups attached to an aromatic ring is 1. The smallest absolute Gasteiger partial charge is 0.475 e. The third kappa shape index (κ3) is 8.93. The molecule has 3 aromatic carbocycles. The SMILES string of the molecule is Cc1cc2ccc1[C@@H](C(F)F)COC(=O)Nc1ccc(S(=O)(=O)C3CC3)c(c1)CN(C)C(=O)[C@@H]2Nc1ccc2c(N)nccc2c1.O=C(O)C(F)(F)F. The lowest BCUT2D eigenvalue weighted by molar-refractivity contribution is -0.192. The zero-order valence-corrected chi connectivity index (χ0v) is 29.0. The van der Waals surface area contributed by atoms with Gasteiger partial charge in [-0.05, 0) is 89.9 Å². The molecule has 2 aliphatic heterocycles. The highest BCUT2D eigenvalue weighted by Crippen LogP contribution is 2.37. The number of carbonyl (C=O) groups is 3. The number of ether oxygens (including phenoxy) is 1. The first-order valence-electron chi connectivity index (χ1n) is 16.0. The van der Waals surface area contributed by atoms with Crippen molar-refractivity contribution >= 4 is 55.8 Å². The Bertz CT molecular complexity index is 2160. The van der Waals surface area contributed by atoms with Crippen LogP contribution in [-0.2, 0) is 30.7 Å². The number of amides is 2. The summed E-state index contributed by atoms with van der Waals surface area (Å²) < 4.78 is 92.2. The van der Waals surface area contributed by atoms with Crippen LogP contribution in [-0.4, -0.2) is 72.9 Å². The van der Waals surface area contributed by atoms with E-state index >= 15 is 0 Å². The van der Waals surface area contributed by atoms with Gasteiger partial charge in [0.25, 0.3) is 0 Å². The Morgan fingerprint density at radius 1 is 1.08 bits per heavy atom. The first kappa shape index (κ1) is 38.7. The number of anilines is 3. The highest BCUT2D eigenvalue weighted by Gasteiger charge is 2.39. The number of benzene rings is 3. The van der Waals surface area contributed by atoms with Crippen molar-refractivity contribution in [1.82, 2.24) is 9.88 Å². The highest BCUT2D eigenvalue weighted by molar-refractivity contribution is 7.92. The fourth-order valence-electron chi connectivity index (χ4n) is 5.83. The molecule has 18 heteroatoms. The predicted molar refractivity (Wildman–Crippen MR) is 184 cm³/mol. The number of carbonyl (C=O) groups excluding carboxylic acids is 2. The molecule has 4 aromatic rings. The molecule has 282 valence electrons. The van der Waals surface area contributed by atoms with Crippen LogP contribution in [0.5, 0.6) is 0 Å². The predicted octanol–water partition coefficient (Wildman–Crippen LogP) is 6.42. The molecule has 1 fully saturated rings. The first-order valence-corrected chi connectivity index (χ1v) is 17.6. The number of carboxylic acid groups (broad SMARTS) is 1. The van der Waals surface area contributed by atoms with Gasteiger partial charge in [0.05, 0.1) is 16.1 Å². The van der Waals surface area contributed by atoms with E-state index < -0.39 is 64.2 Å². The van der Waals surface area contributed by atoms with Gasteiger partial charge < -0.3 is 25.8 Å². The molecule has 53 heavy (non-hydrogen) atoms. The van der Waals surface area contributed by atoms with Crippen molar-refractivity contribution in [3.63, 3.8) is 0 Å². The molecular weight excluding hydrogens is 729 g/mol. The van der Waals surface area contributed by atoms with Crippen LogP contribution in [0.25, 0.3) is 10.8 Å². The van der Waals surface area contributed by atoms with E-state index in [1.165, 1.54) is 29.2 Å². The fraction of sp³-hybridized carbons (Fsp3) is 0.314. The van der Waals surface area contributed by atoms with Crippen molar-refractivity contribution < 1.29 is 54.6 Å². The van der Waals surface area contributed by atoms with Gasteiger partial charge in [0.15, 0.2) is 9.84 Å². The number of nitrogens with two attached hydrogens (primary N) is 1. The van der Waals surface area contributed by atoms with Gasteiger partial charge in [-0.1, -0.05) is 18.2 Å². The molecule has 0 radical (unpaired) electrons. The highest BCUT2D eigenvalue weighted by atomic mass is 32.2. The zero-order chi connectivity index (χ0) is 38.8. The normalized spacial score (nSPS) is 18.2. The lowest BCUT2D eigenvalue weighted by Crippen LogP contribution is -2.35. The Kier molecular flexibility index (Phi) is 11.1. The molecule has 12 nitrogen and oxygen atoms in total. The molecule has 1 aromatic heterocycles. The number of hydrogen-bond acceptors (Lipinski definition) is 9. The number of aliphatic carboxylic acids is 1. The molecular formula is C35H34F5N5O7S. The summed E-state index contributed by atoms with van der Waals surface area (Å²) in [5.41, 5.74) is 8.40. The molecule has 2 amide bonds. The van der Waals surface area contributed by atoms with Crippen LogP contribution in [0, 0.1) is 6.92 Å². The lowest BCUT2D eigenvalue weighted by Gasteiger charge is -2.28. The van der Waals surface area contributed by atoms with Crippen LogP contribution in [0.15, 0.2) is 71.8 Å². The van der Waals surface area contributed by atoms with Gasteiger partial charge in [0, 0.05) is 36.6 Å². The Labute approximate surface area is 300 Å². The van der Waals surface area contributed by atoms with Gasteiger partial charge >= 0.3 is 18.2 Å². The van der Waals surface area contributed by atoms with E-state index in [4.69, 9.17) is 20.4 Å². The minimum atomic E-state index is -5.08. The molecule has 0 spiro atoms. The minimum absolute atomic E-state index is 0.0675. The number of pyridine rings is 1. The number of nitrogens with one attached hydrogen (secondary N) is 2. The maximum absolute atomic E-state index is 14.3. The number of halogens is 5. The third-order valence-electron chi connectivity index (χ3n) is 8.68. The van der Waals surface area contributed by atoms with Crippen molar-refractivity contribution in [3.8, 4) is 0 Å².